The highest BCUT2D eigenvalue weighted by atomic mass is 16.2. The molecule has 0 unspecified atom stereocenters. The van der Waals surface area contributed by atoms with Crippen molar-refractivity contribution < 1.29 is 4.79 Å². The van der Waals surface area contributed by atoms with Crippen LogP contribution < -0.4 is 11.3 Å². The third-order valence-electron chi connectivity index (χ3n) is 1.49. The molecule has 0 bridgehead atoms. The van der Waals surface area contributed by atoms with Gasteiger partial charge in [0, 0.05) is 18.9 Å². The first-order valence-corrected chi connectivity index (χ1v) is 3.52. The zero-order valence-electron chi connectivity index (χ0n) is 6.65. The molecule has 0 aromatic carbocycles. The van der Waals surface area contributed by atoms with Crippen molar-refractivity contribution in [1.29, 1.82) is 0 Å². The number of primary amides is 1. The molecule has 12 heavy (non-hydrogen) atoms. The summed E-state index contributed by atoms with van der Waals surface area (Å²) in [5.41, 5.74) is 4.28. The highest BCUT2D eigenvalue weighted by Crippen LogP contribution is 1.84. The number of amides is 1. The number of carbonyl (C=O) groups is 1. The maximum absolute atomic E-state index is 11.2. The number of carbonyl (C=O) groups excluding carboxylic acids is 1. The minimum atomic E-state index is -0.789. The van der Waals surface area contributed by atoms with Gasteiger partial charge in [0.15, 0.2) is 5.69 Å². The number of nitrogens with two attached hydrogens (primary N) is 1. The molecular formula is C7H9N3O2. The van der Waals surface area contributed by atoms with Crippen molar-refractivity contribution in [2.75, 3.05) is 0 Å². The van der Waals surface area contributed by atoms with Gasteiger partial charge in [-0.05, 0) is 6.92 Å². The number of rotatable bonds is 2. The third kappa shape index (κ3) is 1.34. The summed E-state index contributed by atoms with van der Waals surface area (Å²) in [6, 6.07) is 0. The first-order valence-electron chi connectivity index (χ1n) is 3.52. The van der Waals surface area contributed by atoms with Gasteiger partial charge in [0.2, 0.25) is 0 Å². The number of hydrogen-bond donors (Lipinski definition) is 1. The Kier molecular flexibility index (Phi) is 2.23. The minimum absolute atomic E-state index is 0.209. The first-order chi connectivity index (χ1) is 5.66. The average molecular weight is 167 g/mol. The van der Waals surface area contributed by atoms with E-state index in [0.29, 0.717) is 6.54 Å². The Labute approximate surface area is 68.8 Å². The quantitative estimate of drug-likeness (QED) is 0.636. The van der Waals surface area contributed by atoms with Gasteiger partial charge in [0.25, 0.3) is 11.5 Å². The highest BCUT2D eigenvalue weighted by molar-refractivity contribution is 5.90. The van der Waals surface area contributed by atoms with Gasteiger partial charge in [-0.2, -0.15) is 0 Å². The number of aryl methyl sites for hydroxylation is 1. The standard InChI is InChI=1S/C7H9N3O2/c1-2-10-4-3-9-5(6(8)11)7(10)12/h3-4H,2H2,1H3,(H2,8,11). The molecule has 5 nitrogen and oxygen atoms in total. The molecule has 0 aliphatic rings. The van der Waals surface area contributed by atoms with E-state index in [1.54, 1.807) is 6.92 Å². The van der Waals surface area contributed by atoms with Gasteiger partial charge in [-0.3, -0.25) is 9.59 Å². The second-order valence-corrected chi connectivity index (χ2v) is 2.23. The summed E-state index contributed by atoms with van der Waals surface area (Å²) in [5.74, 6) is -0.789. The van der Waals surface area contributed by atoms with Crippen molar-refractivity contribution in [3.8, 4) is 0 Å². The third-order valence-corrected chi connectivity index (χ3v) is 1.49. The van der Waals surface area contributed by atoms with E-state index in [-0.39, 0.29) is 5.69 Å². The van der Waals surface area contributed by atoms with Crippen molar-refractivity contribution in [2.24, 2.45) is 5.73 Å². The Bertz CT molecular complexity index is 356. The molecule has 64 valence electrons. The Morgan fingerprint density at radius 3 is 2.92 bits per heavy atom. The molecule has 0 saturated heterocycles. The minimum Gasteiger partial charge on any atom is -0.364 e. The molecule has 0 aliphatic heterocycles. The molecule has 2 N–H and O–H groups in total. The zero-order valence-corrected chi connectivity index (χ0v) is 6.65. The van der Waals surface area contributed by atoms with Crippen molar-refractivity contribution in [3.05, 3.63) is 28.4 Å². The zero-order chi connectivity index (χ0) is 9.14. The molecular weight excluding hydrogens is 158 g/mol. The molecule has 0 radical (unpaired) electrons. The van der Waals surface area contributed by atoms with E-state index in [2.05, 4.69) is 4.98 Å². The number of hydrogen-bond acceptors (Lipinski definition) is 3. The first kappa shape index (κ1) is 8.45. The fourth-order valence-corrected chi connectivity index (χ4v) is 0.865. The fraction of sp³-hybridized carbons (Fsp3) is 0.286. The van der Waals surface area contributed by atoms with Crippen LogP contribution in [0.5, 0.6) is 0 Å². The lowest BCUT2D eigenvalue weighted by Crippen LogP contribution is -2.30. The molecule has 1 amide bonds. The smallest absolute Gasteiger partial charge is 0.282 e. The lowest BCUT2D eigenvalue weighted by Gasteiger charge is -2.00. The van der Waals surface area contributed by atoms with Gasteiger partial charge in [0.05, 0.1) is 0 Å². The van der Waals surface area contributed by atoms with E-state index in [0.717, 1.165) is 0 Å². The molecule has 1 aromatic rings. The highest BCUT2D eigenvalue weighted by Gasteiger charge is 2.08. The van der Waals surface area contributed by atoms with Crippen molar-refractivity contribution in [2.45, 2.75) is 13.5 Å². The van der Waals surface area contributed by atoms with Crippen molar-refractivity contribution in [3.63, 3.8) is 0 Å². The van der Waals surface area contributed by atoms with Crippen LogP contribution in [0, 0.1) is 0 Å². The predicted octanol–water partition coefficient (Wildman–Crippen LogP) is -0.638. The van der Waals surface area contributed by atoms with Gasteiger partial charge >= 0.3 is 0 Å². The van der Waals surface area contributed by atoms with Crippen LogP contribution >= 0.6 is 0 Å². The van der Waals surface area contributed by atoms with Crippen LogP contribution in [0.3, 0.4) is 0 Å². The number of aromatic nitrogens is 2. The van der Waals surface area contributed by atoms with E-state index >= 15 is 0 Å². The summed E-state index contributed by atoms with van der Waals surface area (Å²) in [6.45, 7) is 2.30. The molecule has 1 rings (SSSR count). The Balaban J connectivity index is 3.33. The van der Waals surface area contributed by atoms with Gasteiger partial charge < -0.3 is 10.3 Å². The maximum atomic E-state index is 11.2. The van der Waals surface area contributed by atoms with E-state index in [4.69, 9.17) is 5.73 Å². The molecule has 0 atom stereocenters. The summed E-state index contributed by atoms with van der Waals surface area (Å²) < 4.78 is 1.37. The Hall–Kier alpha value is -1.65. The topological polar surface area (TPSA) is 78.0 Å². The van der Waals surface area contributed by atoms with Crippen LogP contribution in [-0.2, 0) is 6.54 Å². The van der Waals surface area contributed by atoms with E-state index in [1.165, 1.54) is 17.0 Å². The van der Waals surface area contributed by atoms with Gasteiger partial charge in [-0.1, -0.05) is 0 Å². The van der Waals surface area contributed by atoms with Crippen LogP contribution in [0.4, 0.5) is 0 Å². The van der Waals surface area contributed by atoms with Crippen LogP contribution in [0.25, 0.3) is 0 Å². The largest absolute Gasteiger partial charge is 0.364 e. The molecule has 1 aromatic heterocycles. The molecule has 0 spiro atoms. The second kappa shape index (κ2) is 3.17. The maximum Gasteiger partial charge on any atom is 0.282 e. The van der Waals surface area contributed by atoms with Crippen LogP contribution in [0.2, 0.25) is 0 Å². The van der Waals surface area contributed by atoms with E-state index in [9.17, 15) is 9.59 Å². The molecule has 0 fully saturated rings. The van der Waals surface area contributed by atoms with Crippen LogP contribution in [0.15, 0.2) is 17.2 Å². The van der Waals surface area contributed by atoms with Crippen LogP contribution in [0.1, 0.15) is 17.4 Å². The fourth-order valence-electron chi connectivity index (χ4n) is 0.865. The molecule has 0 aliphatic carbocycles. The summed E-state index contributed by atoms with van der Waals surface area (Å²) in [6.07, 6.45) is 2.89. The SMILES string of the molecule is CCn1ccnc(C(N)=O)c1=O. The molecule has 1 heterocycles. The van der Waals surface area contributed by atoms with Crippen LogP contribution in [-0.4, -0.2) is 15.5 Å². The summed E-state index contributed by atoms with van der Waals surface area (Å²) >= 11 is 0. The molecule has 0 saturated carbocycles. The van der Waals surface area contributed by atoms with Gasteiger partial charge in [-0.15, -0.1) is 0 Å². The average Bonchev–Trinajstić information content (AvgIpc) is 2.04. The van der Waals surface area contributed by atoms with Gasteiger partial charge in [0.1, 0.15) is 0 Å². The number of nitrogens with zero attached hydrogens (tertiary/aromatic N) is 2. The van der Waals surface area contributed by atoms with E-state index < -0.39 is 11.5 Å². The Morgan fingerprint density at radius 2 is 2.42 bits per heavy atom. The summed E-state index contributed by atoms with van der Waals surface area (Å²) in [7, 11) is 0. The van der Waals surface area contributed by atoms with Crippen molar-refractivity contribution >= 4 is 5.91 Å². The van der Waals surface area contributed by atoms with Gasteiger partial charge in [-0.25, -0.2) is 4.98 Å². The summed E-state index contributed by atoms with van der Waals surface area (Å²) in [5, 5.41) is 0. The van der Waals surface area contributed by atoms with Crippen molar-refractivity contribution in [1.82, 2.24) is 9.55 Å². The predicted molar refractivity (Wildman–Crippen MR) is 42.7 cm³/mol. The Morgan fingerprint density at radius 1 is 1.75 bits per heavy atom. The monoisotopic (exact) mass is 167 g/mol. The van der Waals surface area contributed by atoms with E-state index in [1.807, 2.05) is 0 Å². The summed E-state index contributed by atoms with van der Waals surface area (Å²) in [4.78, 5) is 25.5. The lowest BCUT2D eigenvalue weighted by atomic mass is 10.4. The normalized spacial score (nSPS) is 9.75. The molecule has 5 heteroatoms. The second-order valence-electron chi connectivity index (χ2n) is 2.23. The lowest BCUT2D eigenvalue weighted by molar-refractivity contribution is 0.0993.